The molecule has 0 saturated heterocycles. The van der Waals surface area contributed by atoms with E-state index in [1.54, 1.807) is 11.3 Å². The molecule has 8 aromatic carbocycles. The molecule has 0 spiro atoms. The van der Waals surface area contributed by atoms with E-state index in [1.807, 2.05) is 18.2 Å². The second kappa shape index (κ2) is 13.1. The maximum absolute atomic E-state index is 6.51. The lowest BCUT2D eigenvalue weighted by Crippen LogP contribution is -2.04. The lowest BCUT2D eigenvalue weighted by Gasteiger charge is -2.10. The number of benzene rings is 8. The lowest BCUT2D eigenvalue weighted by molar-refractivity contribution is 0.668. The van der Waals surface area contributed by atoms with E-state index in [4.69, 9.17) is 19.4 Å². The fourth-order valence-corrected chi connectivity index (χ4v) is 9.88. The summed E-state index contributed by atoms with van der Waals surface area (Å²) in [7, 11) is 0. The normalized spacial score (nSPS) is 11.9. The maximum Gasteiger partial charge on any atom is 0.165 e. The zero-order valence-corrected chi connectivity index (χ0v) is 31.9. The maximum atomic E-state index is 6.51. The molecule has 0 aliphatic rings. The van der Waals surface area contributed by atoms with Crippen molar-refractivity contribution in [3.8, 4) is 39.6 Å². The molecule has 0 bridgehead atoms. The van der Waals surface area contributed by atoms with E-state index in [2.05, 4.69) is 168 Å². The summed E-state index contributed by atoms with van der Waals surface area (Å²) in [4.78, 5) is 15.4. The van der Waals surface area contributed by atoms with Crippen LogP contribution in [0.4, 0.5) is 0 Å². The largest absolute Gasteiger partial charge is 0.456 e. The predicted molar refractivity (Wildman–Crippen MR) is 240 cm³/mol. The molecular weight excluding hydrogens is 729 g/mol. The molecular formula is C52H32N4OS. The highest BCUT2D eigenvalue weighted by atomic mass is 32.1. The zero-order valence-electron chi connectivity index (χ0n) is 31.1. The topological polar surface area (TPSA) is 56.7 Å². The quantitative estimate of drug-likeness (QED) is 0.169. The molecule has 0 fully saturated rings. The van der Waals surface area contributed by atoms with E-state index in [1.165, 1.54) is 42.0 Å². The summed E-state index contributed by atoms with van der Waals surface area (Å²) in [6.07, 6.45) is 0.513. The molecule has 4 heterocycles. The van der Waals surface area contributed by atoms with Crippen LogP contribution in [0.3, 0.4) is 0 Å². The van der Waals surface area contributed by atoms with Crippen LogP contribution < -0.4 is 0 Å². The first-order valence-corrected chi connectivity index (χ1v) is 20.3. The van der Waals surface area contributed by atoms with Crippen molar-refractivity contribution in [3.05, 3.63) is 193 Å². The number of nitrogens with zero attached hydrogens (tertiary/aromatic N) is 4. The predicted octanol–water partition coefficient (Wildman–Crippen LogP) is 13.8. The molecule has 0 aliphatic heterocycles. The number of fused-ring (bicyclic) bond motifs is 9. The van der Waals surface area contributed by atoms with Crippen LogP contribution in [0.2, 0.25) is 0 Å². The van der Waals surface area contributed by atoms with Crippen molar-refractivity contribution in [2.45, 2.75) is 6.42 Å². The first kappa shape index (κ1) is 32.8. The Morgan fingerprint density at radius 2 is 1.16 bits per heavy atom. The molecule has 6 heteroatoms. The molecule has 0 amide bonds. The van der Waals surface area contributed by atoms with E-state index in [-0.39, 0.29) is 0 Å². The average molecular weight is 761 g/mol. The van der Waals surface area contributed by atoms with Gasteiger partial charge in [-0.25, -0.2) is 15.0 Å². The van der Waals surface area contributed by atoms with Crippen molar-refractivity contribution in [3.63, 3.8) is 0 Å². The molecule has 4 aromatic heterocycles. The van der Waals surface area contributed by atoms with Crippen LogP contribution in [0.1, 0.15) is 11.4 Å². The van der Waals surface area contributed by atoms with E-state index in [0.29, 0.717) is 23.9 Å². The summed E-state index contributed by atoms with van der Waals surface area (Å²) in [6.45, 7) is 0. The van der Waals surface area contributed by atoms with Gasteiger partial charge in [0.2, 0.25) is 0 Å². The Balaban J connectivity index is 0.994. The Labute approximate surface area is 337 Å². The van der Waals surface area contributed by atoms with Crippen LogP contribution in [0.5, 0.6) is 0 Å². The molecule has 0 unspecified atom stereocenters. The number of furan rings is 1. The van der Waals surface area contributed by atoms with Gasteiger partial charge in [0.25, 0.3) is 0 Å². The van der Waals surface area contributed by atoms with Gasteiger partial charge in [-0.2, -0.15) is 0 Å². The molecule has 12 aromatic rings. The molecule has 5 nitrogen and oxygen atoms in total. The molecule has 272 valence electrons. The van der Waals surface area contributed by atoms with Gasteiger partial charge in [-0.15, -0.1) is 11.3 Å². The lowest BCUT2D eigenvalue weighted by atomic mass is 9.98. The molecule has 0 radical (unpaired) electrons. The minimum absolute atomic E-state index is 0.513. The minimum atomic E-state index is 0.513. The SMILES string of the molecule is c1ccc(-c2nc(Cc3cccc4oc5ccc(-c6ccc7c(c6)c6ccccc6n7-c6ccccc6)cc5c34)nc(-c3cccc4c3sc3ccccc34)n2)cc1. The number of para-hydroxylation sites is 2. The van der Waals surface area contributed by atoms with Gasteiger partial charge in [0.05, 0.1) is 11.0 Å². The van der Waals surface area contributed by atoms with E-state index >= 15 is 0 Å². The van der Waals surface area contributed by atoms with Crippen LogP contribution in [0.15, 0.2) is 186 Å². The monoisotopic (exact) mass is 760 g/mol. The molecule has 58 heavy (non-hydrogen) atoms. The molecule has 0 saturated carbocycles. The number of hydrogen-bond donors (Lipinski definition) is 0. The Morgan fingerprint density at radius 1 is 0.466 bits per heavy atom. The van der Waals surface area contributed by atoms with Crippen molar-refractivity contribution in [1.29, 1.82) is 0 Å². The Bertz CT molecular complexity index is 3550. The molecule has 0 N–H and O–H groups in total. The van der Waals surface area contributed by atoms with Crippen LogP contribution in [-0.4, -0.2) is 19.5 Å². The number of thiophene rings is 1. The van der Waals surface area contributed by atoms with Crippen LogP contribution >= 0.6 is 11.3 Å². The van der Waals surface area contributed by atoms with Crippen molar-refractivity contribution in [2.24, 2.45) is 0 Å². The van der Waals surface area contributed by atoms with Gasteiger partial charge in [0.1, 0.15) is 17.0 Å². The fraction of sp³-hybridized carbons (Fsp3) is 0.0192. The highest BCUT2D eigenvalue weighted by Gasteiger charge is 2.19. The summed E-state index contributed by atoms with van der Waals surface area (Å²) in [6, 6.07) is 64.1. The van der Waals surface area contributed by atoms with Gasteiger partial charge >= 0.3 is 0 Å². The first-order chi connectivity index (χ1) is 28.7. The number of rotatable bonds is 6. The smallest absolute Gasteiger partial charge is 0.165 e. The van der Waals surface area contributed by atoms with Crippen molar-refractivity contribution < 1.29 is 4.42 Å². The second-order valence-electron chi connectivity index (χ2n) is 14.7. The number of aromatic nitrogens is 4. The Morgan fingerprint density at radius 3 is 2.03 bits per heavy atom. The first-order valence-electron chi connectivity index (χ1n) is 19.5. The summed E-state index contributed by atoms with van der Waals surface area (Å²) < 4.78 is 11.3. The Kier molecular flexibility index (Phi) is 7.40. The molecule has 0 atom stereocenters. The van der Waals surface area contributed by atoms with Crippen molar-refractivity contribution >= 4 is 75.3 Å². The van der Waals surface area contributed by atoms with Crippen molar-refractivity contribution in [1.82, 2.24) is 19.5 Å². The standard InChI is InChI=1S/C52H32N4OS/c1-3-13-32(14-4-1)51-53-48(54-52(55-51)40-21-12-20-39-38-19-8-10-24-47(38)58-50(39)40)31-35-15-11-23-46-49(35)42-30-34(26-28-45(42)57-46)33-25-27-44-41(29-33)37-18-7-9-22-43(37)56(44)36-16-5-2-6-17-36/h1-30H,31H2. The summed E-state index contributed by atoms with van der Waals surface area (Å²) in [5.41, 5.74) is 10.6. The second-order valence-corrected chi connectivity index (χ2v) is 15.8. The third-order valence-corrected chi connectivity index (χ3v) is 12.5. The minimum Gasteiger partial charge on any atom is -0.456 e. The van der Waals surface area contributed by atoms with Gasteiger partial charge in [0, 0.05) is 65.0 Å². The fourth-order valence-electron chi connectivity index (χ4n) is 8.66. The van der Waals surface area contributed by atoms with Crippen molar-refractivity contribution in [2.75, 3.05) is 0 Å². The third-order valence-electron chi connectivity index (χ3n) is 11.3. The average Bonchev–Trinajstić information content (AvgIpc) is 3.96. The molecule has 0 aliphatic carbocycles. The van der Waals surface area contributed by atoms with E-state index in [0.717, 1.165) is 55.4 Å². The van der Waals surface area contributed by atoms with Crippen LogP contribution in [0.25, 0.3) is 104 Å². The highest BCUT2D eigenvalue weighted by Crippen LogP contribution is 2.41. The van der Waals surface area contributed by atoms with Gasteiger partial charge in [-0.3, -0.25) is 0 Å². The van der Waals surface area contributed by atoms with Gasteiger partial charge in [-0.1, -0.05) is 121 Å². The zero-order chi connectivity index (χ0) is 38.2. The molecule has 12 rings (SSSR count). The van der Waals surface area contributed by atoms with Crippen LogP contribution in [-0.2, 0) is 6.42 Å². The highest BCUT2D eigenvalue weighted by molar-refractivity contribution is 7.26. The van der Waals surface area contributed by atoms with Gasteiger partial charge < -0.3 is 8.98 Å². The summed E-state index contributed by atoms with van der Waals surface area (Å²) in [5, 5.41) is 7.07. The van der Waals surface area contributed by atoms with Crippen LogP contribution in [0, 0.1) is 0 Å². The number of hydrogen-bond acceptors (Lipinski definition) is 5. The Hall–Kier alpha value is -7.41. The summed E-state index contributed by atoms with van der Waals surface area (Å²) >= 11 is 1.79. The van der Waals surface area contributed by atoms with Gasteiger partial charge in [0.15, 0.2) is 11.6 Å². The summed E-state index contributed by atoms with van der Waals surface area (Å²) in [5.74, 6) is 2.05. The third kappa shape index (κ3) is 5.26. The van der Waals surface area contributed by atoms with E-state index in [9.17, 15) is 0 Å². The van der Waals surface area contributed by atoms with E-state index < -0.39 is 0 Å². The van der Waals surface area contributed by atoms with Gasteiger partial charge in [-0.05, 0) is 77.4 Å².